The summed E-state index contributed by atoms with van der Waals surface area (Å²) in [6.07, 6.45) is 0. The fourth-order valence-corrected chi connectivity index (χ4v) is 1.38. The van der Waals surface area contributed by atoms with Crippen LogP contribution < -0.4 is 5.32 Å². The van der Waals surface area contributed by atoms with Crippen molar-refractivity contribution >= 4 is 5.91 Å². The van der Waals surface area contributed by atoms with Gasteiger partial charge in [-0.3, -0.25) is 4.79 Å². The van der Waals surface area contributed by atoms with E-state index >= 15 is 0 Å². The summed E-state index contributed by atoms with van der Waals surface area (Å²) in [5, 5.41) is 12.0. The smallest absolute Gasteiger partial charge is 0.255 e. The zero-order valence-corrected chi connectivity index (χ0v) is 11.1. The van der Waals surface area contributed by atoms with Crippen LogP contribution in [0.25, 0.3) is 0 Å². The highest BCUT2D eigenvalue weighted by Crippen LogP contribution is 2.17. The van der Waals surface area contributed by atoms with Crippen LogP contribution in [0.2, 0.25) is 0 Å². The van der Waals surface area contributed by atoms with Gasteiger partial charge in [-0.15, -0.1) is 0 Å². The zero-order chi connectivity index (χ0) is 14.3. The molecule has 0 unspecified atom stereocenters. The number of benzene rings is 1. The molecule has 0 bridgehead atoms. The minimum atomic E-state index is -0.582. The van der Waals surface area contributed by atoms with Gasteiger partial charge >= 0.3 is 0 Å². The molecule has 0 aliphatic heterocycles. The normalized spacial score (nSPS) is 10.7. The van der Waals surface area contributed by atoms with Crippen LogP contribution in [0.15, 0.2) is 18.2 Å². The SMILES string of the molecule is CN(C)CCOCCNC(=O)c1ccc(F)cc1O. The number of nitrogens with zero attached hydrogens (tertiary/aromatic N) is 1. The van der Waals surface area contributed by atoms with Crippen molar-refractivity contribution in [2.45, 2.75) is 0 Å². The maximum atomic E-state index is 12.8. The molecule has 0 aliphatic carbocycles. The monoisotopic (exact) mass is 270 g/mol. The Morgan fingerprint density at radius 1 is 1.42 bits per heavy atom. The van der Waals surface area contributed by atoms with E-state index in [1.165, 1.54) is 6.07 Å². The molecule has 0 heterocycles. The summed E-state index contributed by atoms with van der Waals surface area (Å²) in [7, 11) is 3.89. The molecular formula is C13H19FN2O3. The van der Waals surface area contributed by atoms with Gasteiger partial charge in [0.05, 0.1) is 18.8 Å². The average molecular weight is 270 g/mol. The van der Waals surface area contributed by atoms with Crippen LogP contribution in [-0.4, -0.2) is 56.3 Å². The van der Waals surface area contributed by atoms with Crippen molar-refractivity contribution in [1.82, 2.24) is 10.2 Å². The second-order valence-corrected chi connectivity index (χ2v) is 4.33. The maximum Gasteiger partial charge on any atom is 0.255 e. The highest BCUT2D eigenvalue weighted by molar-refractivity contribution is 5.96. The van der Waals surface area contributed by atoms with Crippen LogP contribution in [0.5, 0.6) is 5.75 Å². The summed E-state index contributed by atoms with van der Waals surface area (Å²) in [5.41, 5.74) is 0.0506. The quantitative estimate of drug-likeness (QED) is 0.721. The average Bonchev–Trinajstić information content (AvgIpc) is 2.32. The molecule has 0 atom stereocenters. The Hall–Kier alpha value is -1.66. The van der Waals surface area contributed by atoms with Crippen LogP contribution in [0.3, 0.4) is 0 Å². The first-order chi connectivity index (χ1) is 9.00. The molecule has 0 aromatic heterocycles. The first kappa shape index (κ1) is 15.4. The third-order valence-electron chi connectivity index (χ3n) is 2.42. The van der Waals surface area contributed by atoms with Gasteiger partial charge in [-0.1, -0.05) is 0 Å². The number of ether oxygens (including phenoxy) is 1. The molecule has 0 fully saturated rings. The van der Waals surface area contributed by atoms with Gasteiger partial charge < -0.3 is 20.1 Å². The van der Waals surface area contributed by atoms with E-state index in [1.54, 1.807) is 0 Å². The largest absolute Gasteiger partial charge is 0.507 e. The maximum absolute atomic E-state index is 12.8. The van der Waals surface area contributed by atoms with E-state index < -0.39 is 11.7 Å². The van der Waals surface area contributed by atoms with Gasteiger partial charge in [-0.2, -0.15) is 0 Å². The molecule has 19 heavy (non-hydrogen) atoms. The minimum Gasteiger partial charge on any atom is -0.507 e. The highest BCUT2D eigenvalue weighted by Gasteiger charge is 2.10. The Morgan fingerprint density at radius 2 is 2.16 bits per heavy atom. The van der Waals surface area contributed by atoms with Gasteiger partial charge in [0.15, 0.2) is 0 Å². The predicted molar refractivity (Wildman–Crippen MR) is 69.8 cm³/mol. The number of hydrogen-bond acceptors (Lipinski definition) is 4. The number of carbonyl (C=O) groups is 1. The van der Waals surface area contributed by atoms with E-state index in [2.05, 4.69) is 5.32 Å². The number of phenols is 1. The molecule has 1 aromatic carbocycles. The van der Waals surface area contributed by atoms with Gasteiger partial charge in [0.1, 0.15) is 11.6 Å². The van der Waals surface area contributed by atoms with E-state index in [0.29, 0.717) is 19.8 Å². The number of amides is 1. The highest BCUT2D eigenvalue weighted by atomic mass is 19.1. The van der Waals surface area contributed by atoms with E-state index in [9.17, 15) is 14.3 Å². The number of aromatic hydroxyl groups is 1. The van der Waals surface area contributed by atoms with Gasteiger partial charge in [0.25, 0.3) is 5.91 Å². The van der Waals surface area contributed by atoms with Gasteiger partial charge in [0.2, 0.25) is 0 Å². The third kappa shape index (κ3) is 5.67. The molecule has 2 N–H and O–H groups in total. The van der Waals surface area contributed by atoms with E-state index in [-0.39, 0.29) is 11.3 Å². The number of carbonyl (C=O) groups excluding carboxylic acids is 1. The summed E-state index contributed by atoms with van der Waals surface area (Å²) in [6.45, 7) is 2.13. The van der Waals surface area contributed by atoms with E-state index in [4.69, 9.17) is 4.74 Å². The zero-order valence-electron chi connectivity index (χ0n) is 11.1. The van der Waals surface area contributed by atoms with Gasteiger partial charge in [-0.05, 0) is 26.2 Å². The second-order valence-electron chi connectivity index (χ2n) is 4.33. The molecule has 5 nitrogen and oxygen atoms in total. The molecule has 0 saturated carbocycles. The predicted octanol–water partition coefficient (Wildman–Crippen LogP) is 0.839. The van der Waals surface area contributed by atoms with Crippen molar-refractivity contribution in [3.05, 3.63) is 29.6 Å². The summed E-state index contributed by atoms with van der Waals surface area (Å²) < 4.78 is 18.1. The molecular weight excluding hydrogens is 251 g/mol. The third-order valence-corrected chi connectivity index (χ3v) is 2.42. The lowest BCUT2D eigenvalue weighted by Gasteiger charge is -2.10. The fourth-order valence-electron chi connectivity index (χ4n) is 1.38. The Labute approximate surface area is 112 Å². The molecule has 0 aliphatic rings. The van der Waals surface area contributed by atoms with Crippen molar-refractivity contribution < 1.29 is 19.0 Å². The van der Waals surface area contributed by atoms with Crippen molar-refractivity contribution in [3.8, 4) is 5.75 Å². The first-order valence-corrected chi connectivity index (χ1v) is 6.00. The Balaban J connectivity index is 2.28. The Kier molecular flexibility index (Phi) is 6.24. The molecule has 6 heteroatoms. The van der Waals surface area contributed by atoms with Crippen LogP contribution in [-0.2, 0) is 4.74 Å². The fraction of sp³-hybridized carbons (Fsp3) is 0.462. The standard InChI is InChI=1S/C13H19FN2O3/c1-16(2)6-8-19-7-5-15-13(18)11-4-3-10(14)9-12(11)17/h3-4,9,17H,5-8H2,1-2H3,(H,15,18). The number of rotatable bonds is 7. The van der Waals surface area contributed by atoms with E-state index in [0.717, 1.165) is 18.7 Å². The molecule has 0 saturated heterocycles. The van der Waals surface area contributed by atoms with Crippen LogP contribution in [0, 0.1) is 5.82 Å². The van der Waals surface area contributed by atoms with Crippen molar-refractivity contribution in [1.29, 1.82) is 0 Å². The topological polar surface area (TPSA) is 61.8 Å². The van der Waals surface area contributed by atoms with Crippen molar-refractivity contribution in [2.75, 3.05) is 40.4 Å². The lowest BCUT2D eigenvalue weighted by atomic mass is 10.2. The number of halogens is 1. The summed E-state index contributed by atoms with van der Waals surface area (Å²) in [6, 6.07) is 3.28. The van der Waals surface area contributed by atoms with Crippen LogP contribution >= 0.6 is 0 Å². The minimum absolute atomic E-state index is 0.0506. The molecule has 0 spiro atoms. The van der Waals surface area contributed by atoms with Crippen molar-refractivity contribution in [3.63, 3.8) is 0 Å². The summed E-state index contributed by atoms with van der Waals surface area (Å²) >= 11 is 0. The number of hydrogen-bond donors (Lipinski definition) is 2. The summed E-state index contributed by atoms with van der Waals surface area (Å²) in [5.74, 6) is -1.40. The Morgan fingerprint density at radius 3 is 2.79 bits per heavy atom. The lowest BCUT2D eigenvalue weighted by Crippen LogP contribution is -2.28. The molecule has 1 rings (SSSR count). The first-order valence-electron chi connectivity index (χ1n) is 6.00. The molecule has 106 valence electrons. The van der Waals surface area contributed by atoms with Gasteiger partial charge in [0, 0.05) is 19.2 Å². The molecule has 1 amide bonds. The van der Waals surface area contributed by atoms with Crippen LogP contribution in [0.1, 0.15) is 10.4 Å². The Bertz CT molecular complexity index is 424. The lowest BCUT2D eigenvalue weighted by molar-refractivity contribution is 0.0898. The van der Waals surface area contributed by atoms with E-state index in [1.807, 2.05) is 19.0 Å². The second kappa shape index (κ2) is 7.70. The number of likely N-dealkylation sites (N-methyl/N-ethyl adjacent to an activating group) is 1. The van der Waals surface area contributed by atoms with Crippen molar-refractivity contribution in [2.24, 2.45) is 0 Å². The number of phenolic OH excluding ortho intramolecular Hbond substituents is 1. The van der Waals surface area contributed by atoms with Crippen LogP contribution in [0.4, 0.5) is 4.39 Å². The number of nitrogens with one attached hydrogen (secondary N) is 1. The van der Waals surface area contributed by atoms with Gasteiger partial charge in [-0.25, -0.2) is 4.39 Å². The molecule has 1 aromatic rings. The molecule has 0 radical (unpaired) electrons. The summed E-state index contributed by atoms with van der Waals surface area (Å²) in [4.78, 5) is 13.7.